The van der Waals surface area contributed by atoms with E-state index in [0.29, 0.717) is 30.1 Å². The van der Waals surface area contributed by atoms with E-state index in [1.807, 2.05) is 0 Å². The van der Waals surface area contributed by atoms with E-state index in [2.05, 4.69) is 10.2 Å². The van der Waals surface area contributed by atoms with E-state index >= 15 is 0 Å². The summed E-state index contributed by atoms with van der Waals surface area (Å²) in [5.74, 6) is -0.0830. The SMILES string of the molecule is CCOC(=O)c1cn[nH]c1OCC1CCC2(CCOCC2)CO1.Cl. The summed E-state index contributed by atoms with van der Waals surface area (Å²) in [5.41, 5.74) is 0.613. The van der Waals surface area contributed by atoms with Gasteiger partial charge in [0.1, 0.15) is 12.2 Å². The Labute approximate surface area is 147 Å². The third-order valence-corrected chi connectivity index (χ3v) is 4.69. The van der Waals surface area contributed by atoms with Gasteiger partial charge in [-0.3, -0.25) is 0 Å². The lowest BCUT2D eigenvalue weighted by atomic mass is 9.75. The Morgan fingerprint density at radius 2 is 2.21 bits per heavy atom. The summed E-state index contributed by atoms with van der Waals surface area (Å²) < 4.78 is 22.1. The lowest BCUT2D eigenvalue weighted by Gasteiger charge is -2.42. The molecule has 0 aromatic carbocycles. The molecule has 1 spiro atoms. The number of nitrogens with zero attached hydrogens (tertiary/aromatic N) is 1. The molecule has 24 heavy (non-hydrogen) atoms. The fraction of sp³-hybridized carbons (Fsp3) is 0.750. The number of aromatic nitrogens is 2. The van der Waals surface area contributed by atoms with Crippen LogP contribution in [0.1, 0.15) is 43.0 Å². The quantitative estimate of drug-likeness (QED) is 0.812. The van der Waals surface area contributed by atoms with Crippen LogP contribution in [0.4, 0.5) is 0 Å². The average Bonchev–Trinajstić information content (AvgIpc) is 3.04. The Kier molecular flexibility index (Phi) is 6.89. The van der Waals surface area contributed by atoms with Crippen LogP contribution < -0.4 is 4.74 Å². The number of aromatic amines is 1. The first-order valence-corrected chi connectivity index (χ1v) is 8.25. The summed E-state index contributed by atoms with van der Waals surface area (Å²) in [4.78, 5) is 11.8. The van der Waals surface area contributed by atoms with Gasteiger partial charge < -0.3 is 18.9 Å². The largest absolute Gasteiger partial charge is 0.475 e. The van der Waals surface area contributed by atoms with Crippen molar-refractivity contribution in [3.05, 3.63) is 11.8 Å². The lowest BCUT2D eigenvalue weighted by Crippen LogP contribution is -2.41. The molecular weight excluding hydrogens is 336 g/mol. The predicted octanol–water partition coefficient (Wildman–Crippen LogP) is 2.36. The Morgan fingerprint density at radius 1 is 1.42 bits per heavy atom. The van der Waals surface area contributed by atoms with Crippen molar-refractivity contribution in [2.24, 2.45) is 5.41 Å². The molecule has 0 saturated carbocycles. The number of ether oxygens (including phenoxy) is 4. The highest BCUT2D eigenvalue weighted by Gasteiger charge is 2.37. The van der Waals surface area contributed by atoms with Crippen molar-refractivity contribution in [1.82, 2.24) is 10.2 Å². The van der Waals surface area contributed by atoms with E-state index in [-0.39, 0.29) is 18.5 Å². The molecular formula is C16H25ClN2O5. The number of nitrogens with one attached hydrogen (secondary N) is 1. The van der Waals surface area contributed by atoms with Gasteiger partial charge >= 0.3 is 5.97 Å². The van der Waals surface area contributed by atoms with Crippen LogP contribution in [0.3, 0.4) is 0 Å². The van der Waals surface area contributed by atoms with E-state index in [9.17, 15) is 4.79 Å². The van der Waals surface area contributed by atoms with Crippen LogP contribution in [-0.4, -0.2) is 55.3 Å². The Hall–Kier alpha value is -1.31. The molecule has 0 amide bonds. The van der Waals surface area contributed by atoms with Crippen molar-refractivity contribution < 1.29 is 23.7 Å². The fourth-order valence-corrected chi connectivity index (χ4v) is 3.16. The van der Waals surface area contributed by atoms with Gasteiger partial charge in [0.15, 0.2) is 0 Å². The van der Waals surface area contributed by atoms with Crippen LogP contribution in [0, 0.1) is 5.41 Å². The van der Waals surface area contributed by atoms with E-state index in [1.54, 1.807) is 6.92 Å². The predicted molar refractivity (Wildman–Crippen MR) is 88.7 cm³/mol. The van der Waals surface area contributed by atoms with Crippen LogP contribution in [0.2, 0.25) is 0 Å². The van der Waals surface area contributed by atoms with Crippen molar-refractivity contribution in [1.29, 1.82) is 0 Å². The first-order valence-electron chi connectivity index (χ1n) is 8.25. The second-order valence-electron chi connectivity index (χ2n) is 6.23. The van der Waals surface area contributed by atoms with Crippen LogP contribution in [0.5, 0.6) is 5.88 Å². The van der Waals surface area contributed by atoms with E-state index < -0.39 is 5.97 Å². The lowest BCUT2D eigenvalue weighted by molar-refractivity contribution is -0.114. The Balaban J connectivity index is 0.00000208. The molecule has 1 N–H and O–H groups in total. The minimum absolute atomic E-state index is 0. The first-order chi connectivity index (χ1) is 11.2. The van der Waals surface area contributed by atoms with Crippen molar-refractivity contribution in [2.75, 3.05) is 33.0 Å². The van der Waals surface area contributed by atoms with Gasteiger partial charge in [0.25, 0.3) is 0 Å². The minimum atomic E-state index is -0.429. The smallest absolute Gasteiger partial charge is 0.345 e. The van der Waals surface area contributed by atoms with E-state index in [4.69, 9.17) is 18.9 Å². The van der Waals surface area contributed by atoms with Gasteiger partial charge in [0, 0.05) is 13.2 Å². The summed E-state index contributed by atoms with van der Waals surface area (Å²) in [6.07, 6.45) is 5.72. The molecule has 3 heterocycles. The molecule has 0 bridgehead atoms. The minimum Gasteiger partial charge on any atom is -0.475 e. The Bertz CT molecular complexity index is 520. The molecule has 2 aliphatic rings. The molecule has 1 atom stereocenters. The van der Waals surface area contributed by atoms with Gasteiger partial charge in [-0.1, -0.05) is 0 Å². The summed E-state index contributed by atoms with van der Waals surface area (Å²) in [6.45, 7) is 4.92. The second-order valence-corrected chi connectivity index (χ2v) is 6.23. The maximum absolute atomic E-state index is 11.8. The summed E-state index contributed by atoms with van der Waals surface area (Å²) >= 11 is 0. The molecule has 2 aliphatic heterocycles. The van der Waals surface area contributed by atoms with Crippen molar-refractivity contribution in [2.45, 2.75) is 38.7 Å². The van der Waals surface area contributed by atoms with Crippen LogP contribution >= 0.6 is 12.4 Å². The number of H-pyrrole nitrogens is 1. The topological polar surface area (TPSA) is 82.7 Å². The third kappa shape index (κ3) is 4.40. The highest BCUT2D eigenvalue weighted by Crippen LogP contribution is 2.39. The van der Waals surface area contributed by atoms with Crippen LogP contribution in [-0.2, 0) is 14.2 Å². The monoisotopic (exact) mass is 360 g/mol. The summed E-state index contributed by atoms with van der Waals surface area (Å²) in [5, 5.41) is 6.55. The maximum atomic E-state index is 11.8. The van der Waals surface area contributed by atoms with Gasteiger partial charge in [-0.2, -0.15) is 5.10 Å². The first kappa shape index (κ1) is 19.0. The average molecular weight is 361 g/mol. The number of halogens is 1. The Morgan fingerprint density at radius 3 is 2.88 bits per heavy atom. The van der Waals surface area contributed by atoms with Crippen LogP contribution in [0.15, 0.2) is 6.20 Å². The highest BCUT2D eigenvalue weighted by atomic mass is 35.5. The van der Waals surface area contributed by atoms with Gasteiger partial charge in [-0.05, 0) is 38.0 Å². The van der Waals surface area contributed by atoms with Crippen molar-refractivity contribution in [3.8, 4) is 5.88 Å². The van der Waals surface area contributed by atoms with Crippen LogP contribution in [0.25, 0.3) is 0 Å². The van der Waals surface area contributed by atoms with Gasteiger partial charge in [0.05, 0.1) is 25.5 Å². The molecule has 3 rings (SSSR count). The molecule has 0 aliphatic carbocycles. The highest BCUT2D eigenvalue weighted by molar-refractivity contribution is 5.91. The number of esters is 1. The van der Waals surface area contributed by atoms with E-state index in [0.717, 1.165) is 45.5 Å². The van der Waals surface area contributed by atoms with Crippen molar-refractivity contribution in [3.63, 3.8) is 0 Å². The molecule has 1 unspecified atom stereocenters. The standard InChI is InChI=1S/C16H24N2O5.ClH/c1-2-21-15(19)13-9-17-18-14(13)22-10-12-3-4-16(11-23-12)5-7-20-8-6-16;/h9,12H,2-8,10-11H2,1H3,(H,17,18);1H. The van der Waals surface area contributed by atoms with Gasteiger partial charge in [-0.25, -0.2) is 9.89 Å². The molecule has 136 valence electrons. The number of rotatable bonds is 5. The fourth-order valence-electron chi connectivity index (χ4n) is 3.16. The molecule has 1 aromatic rings. The van der Waals surface area contributed by atoms with E-state index in [1.165, 1.54) is 6.20 Å². The zero-order chi connectivity index (χ0) is 16.1. The van der Waals surface area contributed by atoms with Crippen molar-refractivity contribution >= 4 is 18.4 Å². The normalized spacial score (nSPS) is 22.6. The molecule has 2 fully saturated rings. The summed E-state index contributed by atoms with van der Waals surface area (Å²) in [7, 11) is 0. The number of hydrogen-bond donors (Lipinski definition) is 1. The number of hydrogen-bond acceptors (Lipinski definition) is 6. The molecule has 8 heteroatoms. The molecule has 2 saturated heterocycles. The zero-order valence-corrected chi connectivity index (χ0v) is 14.7. The zero-order valence-electron chi connectivity index (χ0n) is 13.9. The number of carbonyl (C=O) groups is 1. The molecule has 0 radical (unpaired) electrons. The molecule has 1 aromatic heterocycles. The summed E-state index contributed by atoms with van der Waals surface area (Å²) in [6, 6.07) is 0. The van der Waals surface area contributed by atoms with Gasteiger partial charge in [-0.15, -0.1) is 12.4 Å². The molecule has 7 nitrogen and oxygen atoms in total. The third-order valence-electron chi connectivity index (χ3n) is 4.69. The second kappa shape index (κ2) is 8.69. The van der Waals surface area contributed by atoms with Gasteiger partial charge in [0.2, 0.25) is 5.88 Å². The maximum Gasteiger partial charge on any atom is 0.345 e. The number of carbonyl (C=O) groups excluding carboxylic acids is 1.